The second kappa shape index (κ2) is 8.07. The van der Waals surface area contributed by atoms with E-state index in [9.17, 15) is 19.5 Å². The van der Waals surface area contributed by atoms with Crippen molar-refractivity contribution in [3.8, 4) is 5.75 Å². The molecule has 2 aromatic rings. The van der Waals surface area contributed by atoms with Crippen LogP contribution in [-0.2, 0) is 4.79 Å². The number of carbonyl (C=O) groups is 1. The molecule has 10 nitrogen and oxygen atoms in total. The van der Waals surface area contributed by atoms with Crippen molar-refractivity contribution in [3.63, 3.8) is 0 Å². The van der Waals surface area contributed by atoms with E-state index in [0.29, 0.717) is 14.5 Å². The molecule has 0 saturated heterocycles. The van der Waals surface area contributed by atoms with Gasteiger partial charge in [-0.15, -0.1) is 5.10 Å². The number of hydrogen-bond donors (Lipinski definition) is 5. The van der Waals surface area contributed by atoms with Crippen molar-refractivity contribution in [1.82, 2.24) is 20.6 Å². The molecule has 0 radical (unpaired) electrons. The minimum atomic E-state index is -0.862. The van der Waals surface area contributed by atoms with Gasteiger partial charge in [-0.1, -0.05) is 15.9 Å². The third-order valence-corrected chi connectivity index (χ3v) is 3.96. The lowest BCUT2D eigenvalue weighted by Crippen LogP contribution is -2.38. The largest absolute Gasteiger partial charge is 0.506 e. The zero-order valence-electron chi connectivity index (χ0n) is 12.6. The third kappa shape index (κ3) is 5.00. The van der Waals surface area contributed by atoms with Crippen LogP contribution in [0.15, 0.2) is 35.8 Å². The summed E-state index contributed by atoms with van der Waals surface area (Å²) in [5.74, 6) is -0.798. The summed E-state index contributed by atoms with van der Waals surface area (Å²) < 4.78 is 1.18. The van der Waals surface area contributed by atoms with Gasteiger partial charge in [-0.25, -0.2) is 15.3 Å². The van der Waals surface area contributed by atoms with Gasteiger partial charge in [0, 0.05) is 10.0 Å². The SMILES string of the molecule is C[C@@H](Nc1n[nH]c(=O)[nH]c1=O)C(=O)N/N=C/c1cc(Br)cc(Br)c1O. The maximum Gasteiger partial charge on any atom is 0.342 e. The quantitative estimate of drug-likeness (QED) is 0.316. The van der Waals surface area contributed by atoms with E-state index >= 15 is 0 Å². The van der Waals surface area contributed by atoms with Gasteiger partial charge in [0.2, 0.25) is 5.82 Å². The molecule has 1 aromatic heterocycles. The van der Waals surface area contributed by atoms with Crippen molar-refractivity contribution in [3.05, 3.63) is 47.5 Å². The first-order chi connectivity index (χ1) is 11.8. The Balaban J connectivity index is 2.02. The van der Waals surface area contributed by atoms with Gasteiger partial charge in [0.15, 0.2) is 0 Å². The Morgan fingerprint density at radius 2 is 2.12 bits per heavy atom. The second-order valence-electron chi connectivity index (χ2n) is 4.78. The number of nitrogens with zero attached hydrogens (tertiary/aromatic N) is 2. The van der Waals surface area contributed by atoms with Crippen molar-refractivity contribution < 1.29 is 9.90 Å². The van der Waals surface area contributed by atoms with Gasteiger partial charge in [-0.2, -0.15) is 5.10 Å². The molecule has 0 unspecified atom stereocenters. The number of phenols is 1. The van der Waals surface area contributed by atoms with E-state index in [0.717, 1.165) is 0 Å². The molecule has 1 atom stereocenters. The number of halogens is 2. The van der Waals surface area contributed by atoms with Crippen molar-refractivity contribution in [2.24, 2.45) is 5.10 Å². The number of aromatic amines is 2. The number of hydrogen-bond acceptors (Lipinski definition) is 7. The van der Waals surface area contributed by atoms with Crippen molar-refractivity contribution in [1.29, 1.82) is 0 Å². The molecule has 0 fully saturated rings. The van der Waals surface area contributed by atoms with Crippen LogP contribution in [0.4, 0.5) is 5.82 Å². The second-order valence-corrected chi connectivity index (χ2v) is 6.55. The number of H-pyrrole nitrogens is 2. The molecule has 12 heteroatoms. The molecule has 1 aromatic carbocycles. The summed E-state index contributed by atoms with van der Waals surface area (Å²) in [6.45, 7) is 1.48. The third-order valence-electron chi connectivity index (χ3n) is 2.89. The first-order valence-electron chi connectivity index (χ1n) is 6.74. The van der Waals surface area contributed by atoms with Crippen molar-refractivity contribution in [2.75, 3.05) is 5.32 Å². The predicted molar refractivity (Wildman–Crippen MR) is 97.8 cm³/mol. The number of rotatable bonds is 5. The minimum Gasteiger partial charge on any atom is -0.506 e. The van der Waals surface area contributed by atoms with Crippen LogP contribution in [0.25, 0.3) is 0 Å². The topological polar surface area (TPSA) is 152 Å². The van der Waals surface area contributed by atoms with Gasteiger partial charge in [-0.05, 0) is 35.0 Å². The van der Waals surface area contributed by atoms with E-state index in [4.69, 9.17) is 0 Å². The Kier molecular flexibility index (Phi) is 6.09. The van der Waals surface area contributed by atoms with E-state index in [2.05, 4.69) is 52.8 Å². The summed E-state index contributed by atoms with van der Waals surface area (Å²) in [5.41, 5.74) is 1.13. The zero-order chi connectivity index (χ0) is 18.6. The maximum atomic E-state index is 12.0. The number of anilines is 1. The highest BCUT2D eigenvalue weighted by atomic mass is 79.9. The van der Waals surface area contributed by atoms with Gasteiger partial charge in [0.05, 0.1) is 10.7 Å². The Morgan fingerprint density at radius 1 is 1.40 bits per heavy atom. The highest BCUT2D eigenvalue weighted by Gasteiger charge is 2.14. The smallest absolute Gasteiger partial charge is 0.342 e. The van der Waals surface area contributed by atoms with E-state index in [1.54, 1.807) is 12.1 Å². The summed E-state index contributed by atoms with van der Waals surface area (Å²) in [6.07, 6.45) is 1.26. The highest BCUT2D eigenvalue weighted by Crippen LogP contribution is 2.30. The molecule has 0 aliphatic heterocycles. The van der Waals surface area contributed by atoms with Gasteiger partial charge in [0.25, 0.3) is 11.5 Å². The molecular formula is C13H12Br2N6O4. The standard InChI is InChI=1S/C13H12Br2N6O4/c1-5(17-10-12(24)18-13(25)21-19-10)11(23)20-16-4-6-2-7(14)3-8(15)9(6)22/h2-5,22H,1H3,(H,17,19)(H,20,23)(H2,18,21,24,25)/b16-4+/t5-/m1/s1. The van der Waals surface area contributed by atoms with Crippen LogP contribution in [0.5, 0.6) is 5.75 Å². The monoisotopic (exact) mass is 474 g/mol. The normalized spacial score (nSPS) is 12.1. The summed E-state index contributed by atoms with van der Waals surface area (Å²) in [6, 6.07) is 2.41. The van der Waals surface area contributed by atoms with Crippen molar-refractivity contribution in [2.45, 2.75) is 13.0 Å². The average Bonchev–Trinajstić information content (AvgIpc) is 2.54. The molecular weight excluding hydrogens is 464 g/mol. The number of aromatic nitrogens is 3. The van der Waals surface area contributed by atoms with Gasteiger partial charge >= 0.3 is 5.69 Å². The molecule has 5 N–H and O–H groups in total. The molecule has 0 bridgehead atoms. The number of aromatic hydroxyl groups is 1. The predicted octanol–water partition coefficient (Wildman–Crippen LogP) is 0.640. The molecule has 0 saturated carbocycles. The van der Waals surface area contributed by atoms with Crippen LogP contribution in [-0.4, -0.2) is 38.5 Å². The van der Waals surface area contributed by atoms with Crippen LogP contribution >= 0.6 is 31.9 Å². The molecule has 1 amide bonds. The van der Waals surface area contributed by atoms with E-state index in [-0.39, 0.29) is 11.6 Å². The molecule has 0 aliphatic rings. The first-order valence-corrected chi connectivity index (χ1v) is 8.33. The summed E-state index contributed by atoms with van der Waals surface area (Å²) in [7, 11) is 0. The lowest BCUT2D eigenvalue weighted by atomic mass is 10.2. The van der Waals surface area contributed by atoms with Crippen LogP contribution in [0.2, 0.25) is 0 Å². The van der Waals surface area contributed by atoms with Gasteiger partial charge in [-0.3, -0.25) is 14.6 Å². The number of carbonyl (C=O) groups excluding carboxylic acids is 1. The number of benzene rings is 1. The van der Waals surface area contributed by atoms with Gasteiger partial charge < -0.3 is 10.4 Å². The number of nitrogens with one attached hydrogen (secondary N) is 4. The van der Waals surface area contributed by atoms with E-state index in [1.165, 1.54) is 13.1 Å². The zero-order valence-corrected chi connectivity index (χ0v) is 15.8. The van der Waals surface area contributed by atoms with Crippen LogP contribution in [0, 0.1) is 0 Å². The van der Waals surface area contributed by atoms with Crippen molar-refractivity contribution >= 4 is 49.8 Å². The van der Waals surface area contributed by atoms with E-state index < -0.39 is 23.2 Å². The fraction of sp³-hybridized carbons (Fsp3) is 0.154. The Labute approximate surface area is 157 Å². The molecule has 0 aliphatic carbocycles. The first kappa shape index (κ1) is 18.9. The molecule has 1 heterocycles. The van der Waals surface area contributed by atoms with E-state index in [1.807, 2.05) is 10.1 Å². The molecule has 25 heavy (non-hydrogen) atoms. The fourth-order valence-corrected chi connectivity index (χ4v) is 2.92. The average molecular weight is 476 g/mol. The number of phenolic OH excluding ortho intramolecular Hbond substituents is 1. The van der Waals surface area contributed by atoms with Gasteiger partial charge in [0.1, 0.15) is 11.8 Å². The lowest BCUT2D eigenvalue weighted by Gasteiger charge is -2.11. The summed E-state index contributed by atoms with van der Waals surface area (Å²) in [4.78, 5) is 36.3. The summed E-state index contributed by atoms with van der Waals surface area (Å²) >= 11 is 6.46. The Morgan fingerprint density at radius 3 is 2.80 bits per heavy atom. The lowest BCUT2D eigenvalue weighted by molar-refractivity contribution is -0.121. The molecule has 0 spiro atoms. The maximum absolute atomic E-state index is 12.0. The molecule has 132 valence electrons. The fourth-order valence-electron chi connectivity index (χ4n) is 1.66. The number of amides is 1. The Bertz CT molecular complexity index is 939. The molecule has 2 rings (SSSR count). The minimum absolute atomic E-state index is 0.0312. The highest BCUT2D eigenvalue weighted by molar-refractivity contribution is 9.11. The van der Waals surface area contributed by atoms with Crippen LogP contribution < -0.4 is 22.0 Å². The van der Waals surface area contributed by atoms with Crippen LogP contribution in [0.3, 0.4) is 0 Å². The Hall–Kier alpha value is -2.47. The summed E-state index contributed by atoms with van der Waals surface area (Å²) in [5, 5.41) is 21.7. The van der Waals surface area contributed by atoms with Crippen LogP contribution in [0.1, 0.15) is 12.5 Å². The number of hydrazone groups is 1.